The summed E-state index contributed by atoms with van der Waals surface area (Å²) in [6, 6.07) is 21.5. The number of nitrogens with zero attached hydrogens (tertiary/aromatic N) is 2. The van der Waals surface area contributed by atoms with E-state index in [1.54, 1.807) is 73.8 Å². The van der Waals surface area contributed by atoms with Gasteiger partial charge in [-0.1, -0.05) is 48.0 Å². The lowest BCUT2D eigenvalue weighted by Crippen LogP contribution is -2.45. The molecule has 1 aliphatic heterocycles. The van der Waals surface area contributed by atoms with Crippen LogP contribution in [0.4, 0.5) is 5.69 Å². The number of methoxy groups -OCH3 is 1. The van der Waals surface area contributed by atoms with Crippen LogP contribution in [0.15, 0.2) is 78.9 Å². The van der Waals surface area contributed by atoms with Gasteiger partial charge in [-0.25, -0.2) is 4.90 Å². The lowest BCUT2D eigenvalue weighted by Gasteiger charge is -2.28. The summed E-state index contributed by atoms with van der Waals surface area (Å²) in [4.78, 5) is 42.2. The lowest BCUT2D eigenvalue weighted by atomic mass is 10.1. The third-order valence-electron chi connectivity index (χ3n) is 5.41. The number of benzene rings is 3. The van der Waals surface area contributed by atoms with E-state index in [1.807, 2.05) is 12.1 Å². The Morgan fingerprint density at radius 2 is 1.66 bits per heavy atom. The van der Waals surface area contributed by atoms with Gasteiger partial charge in [0.15, 0.2) is 0 Å². The van der Waals surface area contributed by atoms with Gasteiger partial charge in [-0.15, -0.1) is 0 Å². The number of ether oxygens (including phenoxy) is 1. The van der Waals surface area contributed by atoms with E-state index in [9.17, 15) is 14.4 Å². The first kappa shape index (κ1) is 21.6. The average molecular weight is 449 g/mol. The molecule has 3 amide bonds. The molecule has 1 heterocycles. The topological polar surface area (TPSA) is 66.9 Å². The SMILES string of the molecule is COc1ccc(C(=O)N(Cc2ccccc2Cl)C2CC(=O)N(c3ccccc3)C2=O)cc1. The van der Waals surface area contributed by atoms with Crippen molar-refractivity contribution in [1.82, 2.24) is 4.90 Å². The smallest absolute Gasteiger partial charge is 0.257 e. The zero-order chi connectivity index (χ0) is 22.7. The molecule has 162 valence electrons. The quantitative estimate of drug-likeness (QED) is 0.526. The molecular weight excluding hydrogens is 428 g/mol. The number of hydrogen-bond acceptors (Lipinski definition) is 4. The zero-order valence-corrected chi connectivity index (χ0v) is 18.2. The maximum absolute atomic E-state index is 13.5. The number of imide groups is 1. The third-order valence-corrected chi connectivity index (χ3v) is 5.78. The number of rotatable bonds is 6. The fraction of sp³-hybridized carbons (Fsp3) is 0.160. The van der Waals surface area contributed by atoms with Crippen LogP contribution in [0.1, 0.15) is 22.3 Å². The van der Waals surface area contributed by atoms with Crippen molar-refractivity contribution in [3.05, 3.63) is 95.0 Å². The van der Waals surface area contributed by atoms with E-state index in [0.717, 1.165) is 4.90 Å². The minimum Gasteiger partial charge on any atom is -0.497 e. The Bertz CT molecular complexity index is 1150. The van der Waals surface area contributed by atoms with E-state index in [-0.39, 0.29) is 24.8 Å². The summed E-state index contributed by atoms with van der Waals surface area (Å²) >= 11 is 6.34. The van der Waals surface area contributed by atoms with E-state index in [0.29, 0.717) is 27.6 Å². The molecule has 32 heavy (non-hydrogen) atoms. The Balaban J connectivity index is 1.70. The molecule has 0 radical (unpaired) electrons. The minimum absolute atomic E-state index is 0.0941. The minimum atomic E-state index is -0.936. The van der Waals surface area contributed by atoms with Gasteiger partial charge < -0.3 is 9.64 Å². The molecule has 1 saturated heterocycles. The van der Waals surface area contributed by atoms with Crippen molar-refractivity contribution >= 4 is 35.0 Å². The predicted octanol–water partition coefficient (Wildman–Crippen LogP) is 4.32. The second-order valence-electron chi connectivity index (χ2n) is 7.38. The van der Waals surface area contributed by atoms with Crippen LogP contribution in [-0.4, -0.2) is 35.8 Å². The van der Waals surface area contributed by atoms with Gasteiger partial charge in [-0.3, -0.25) is 14.4 Å². The van der Waals surface area contributed by atoms with Gasteiger partial charge in [0.05, 0.1) is 19.2 Å². The molecule has 1 aliphatic rings. The summed E-state index contributed by atoms with van der Waals surface area (Å²) < 4.78 is 5.17. The van der Waals surface area contributed by atoms with E-state index >= 15 is 0 Å². The van der Waals surface area contributed by atoms with Gasteiger partial charge in [0.1, 0.15) is 11.8 Å². The third kappa shape index (κ3) is 4.22. The van der Waals surface area contributed by atoms with Crippen LogP contribution in [0.25, 0.3) is 0 Å². The Labute approximate surface area is 191 Å². The molecule has 3 aromatic rings. The standard InChI is InChI=1S/C25H21ClN2O4/c1-32-20-13-11-17(12-14-20)24(30)27(16-18-7-5-6-10-21(18)26)22-15-23(29)28(25(22)31)19-8-3-2-4-9-19/h2-14,22H,15-16H2,1H3. The second kappa shape index (κ2) is 9.24. The Morgan fingerprint density at radius 1 is 1.00 bits per heavy atom. The van der Waals surface area contributed by atoms with Crippen LogP contribution in [0.5, 0.6) is 5.75 Å². The summed E-state index contributed by atoms with van der Waals surface area (Å²) in [6.07, 6.45) is -0.0971. The summed E-state index contributed by atoms with van der Waals surface area (Å²) in [6.45, 7) is 0.0941. The predicted molar refractivity (Wildman–Crippen MR) is 122 cm³/mol. The number of carbonyl (C=O) groups is 3. The first-order chi connectivity index (χ1) is 15.5. The van der Waals surface area contributed by atoms with Gasteiger partial charge in [0, 0.05) is 17.1 Å². The fourth-order valence-corrected chi connectivity index (χ4v) is 3.94. The number of carbonyl (C=O) groups excluding carboxylic acids is 3. The van der Waals surface area contributed by atoms with Crippen LogP contribution < -0.4 is 9.64 Å². The van der Waals surface area contributed by atoms with Crippen molar-refractivity contribution in [1.29, 1.82) is 0 Å². The van der Waals surface area contributed by atoms with Gasteiger partial charge in [0.2, 0.25) is 5.91 Å². The molecule has 0 saturated carbocycles. The van der Waals surface area contributed by atoms with E-state index in [1.165, 1.54) is 4.90 Å². The summed E-state index contributed by atoms with van der Waals surface area (Å²) in [5.74, 6) is -0.539. The number of halogens is 1. The molecular formula is C25H21ClN2O4. The summed E-state index contributed by atoms with van der Waals surface area (Å²) in [5.41, 5.74) is 1.56. The summed E-state index contributed by atoms with van der Waals surface area (Å²) in [7, 11) is 1.54. The van der Waals surface area contributed by atoms with Crippen molar-refractivity contribution in [3.8, 4) is 5.75 Å². The molecule has 0 spiro atoms. The molecule has 0 N–H and O–H groups in total. The average Bonchev–Trinajstić information content (AvgIpc) is 3.12. The van der Waals surface area contributed by atoms with Gasteiger partial charge in [0.25, 0.3) is 11.8 Å². The van der Waals surface area contributed by atoms with Crippen molar-refractivity contribution in [2.45, 2.75) is 19.0 Å². The lowest BCUT2D eigenvalue weighted by molar-refractivity contribution is -0.122. The number of para-hydroxylation sites is 1. The highest BCUT2D eigenvalue weighted by molar-refractivity contribution is 6.31. The first-order valence-electron chi connectivity index (χ1n) is 10.1. The van der Waals surface area contributed by atoms with E-state index < -0.39 is 11.9 Å². The monoisotopic (exact) mass is 448 g/mol. The molecule has 0 aromatic heterocycles. The van der Waals surface area contributed by atoms with Crippen molar-refractivity contribution in [3.63, 3.8) is 0 Å². The van der Waals surface area contributed by atoms with Gasteiger partial charge in [-0.2, -0.15) is 0 Å². The van der Waals surface area contributed by atoms with Crippen LogP contribution in [-0.2, 0) is 16.1 Å². The molecule has 7 heteroatoms. The van der Waals surface area contributed by atoms with Gasteiger partial charge in [-0.05, 0) is 48.0 Å². The Kier molecular flexibility index (Phi) is 6.23. The molecule has 4 rings (SSSR count). The number of amides is 3. The Hall–Kier alpha value is -3.64. The second-order valence-corrected chi connectivity index (χ2v) is 7.78. The van der Waals surface area contributed by atoms with E-state index in [4.69, 9.17) is 16.3 Å². The van der Waals surface area contributed by atoms with Crippen LogP contribution in [0.2, 0.25) is 5.02 Å². The highest BCUT2D eigenvalue weighted by Crippen LogP contribution is 2.29. The maximum Gasteiger partial charge on any atom is 0.257 e. The number of anilines is 1. The molecule has 1 fully saturated rings. The van der Waals surface area contributed by atoms with Crippen molar-refractivity contribution in [2.75, 3.05) is 12.0 Å². The highest BCUT2D eigenvalue weighted by Gasteiger charge is 2.44. The fourth-order valence-electron chi connectivity index (χ4n) is 3.74. The first-order valence-corrected chi connectivity index (χ1v) is 10.5. The van der Waals surface area contributed by atoms with Crippen molar-refractivity contribution < 1.29 is 19.1 Å². The van der Waals surface area contributed by atoms with Crippen molar-refractivity contribution in [2.24, 2.45) is 0 Å². The molecule has 0 aliphatic carbocycles. The molecule has 1 atom stereocenters. The highest BCUT2D eigenvalue weighted by atomic mass is 35.5. The normalized spacial score (nSPS) is 15.7. The van der Waals surface area contributed by atoms with E-state index in [2.05, 4.69) is 0 Å². The number of hydrogen-bond donors (Lipinski definition) is 0. The maximum atomic E-state index is 13.5. The van der Waals surface area contributed by atoms with Crippen LogP contribution in [0.3, 0.4) is 0 Å². The molecule has 6 nitrogen and oxygen atoms in total. The molecule has 0 bridgehead atoms. The van der Waals surface area contributed by atoms with Gasteiger partial charge >= 0.3 is 0 Å². The largest absolute Gasteiger partial charge is 0.497 e. The van der Waals surface area contributed by atoms with Crippen LogP contribution >= 0.6 is 11.6 Å². The molecule has 3 aromatic carbocycles. The zero-order valence-electron chi connectivity index (χ0n) is 17.4. The van der Waals surface area contributed by atoms with Crippen LogP contribution in [0, 0.1) is 0 Å². The molecule has 1 unspecified atom stereocenters. The Morgan fingerprint density at radius 3 is 2.31 bits per heavy atom. The summed E-state index contributed by atoms with van der Waals surface area (Å²) in [5, 5.41) is 0.483.